The molecular weight excluding hydrogens is 524 g/mol. The Bertz CT molecular complexity index is 912. The van der Waals surface area contributed by atoms with E-state index < -0.39 is 19.9 Å². The van der Waals surface area contributed by atoms with Crippen molar-refractivity contribution in [1.82, 2.24) is 0 Å². The summed E-state index contributed by atoms with van der Waals surface area (Å²) in [7, 11) is -2.09. The quantitative estimate of drug-likeness (QED) is 0.140. The molecule has 2 aliphatic rings. The largest absolute Gasteiger partial charge is 0.411 e. The predicted molar refractivity (Wildman–Crippen MR) is 160 cm³/mol. The molecule has 0 aromatic heterocycles. The fourth-order valence-electron chi connectivity index (χ4n) is 5.41. The highest BCUT2D eigenvalue weighted by molar-refractivity contribution is 6.74. The van der Waals surface area contributed by atoms with Crippen LogP contribution in [0.1, 0.15) is 92.6 Å². The van der Waals surface area contributed by atoms with Gasteiger partial charge in [0.05, 0.1) is 37.1 Å². The summed E-state index contributed by atoms with van der Waals surface area (Å²) in [4.78, 5) is 11.3. The first-order valence-electron chi connectivity index (χ1n) is 15.0. The van der Waals surface area contributed by atoms with Gasteiger partial charge in [0.25, 0.3) is 0 Å². The van der Waals surface area contributed by atoms with E-state index in [1.807, 2.05) is 45.9 Å². The van der Waals surface area contributed by atoms with E-state index >= 15 is 0 Å². The van der Waals surface area contributed by atoms with Crippen LogP contribution >= 0.6 is 0 Å². The number of benzene rings is 1. The molecule has 0 N–H and O–H groups in total. The van der Waals surface area contributed by atoms with Gasteiger partial charge in [0.15, 0.2) is 19.9 Å². The van der Waals surface area contributed by atoms with E-state index in [2.05, 4.69) is 46.0 Å². The zero-order chi connectivity index (χ0) is 29.6. The van der Waals surface area contributed by atoms with Gasteiger partial charge in [-0.15, -0.1) is 0 Å². The van der Waals surface area contributed by atoms with Gasteiger partial charge < -0.3 is 32.9 Å². The molecule has 1 aromatic rings. The molecule has 0 amide bonds. The molecule has 2 aliphatic heterocycles. The molecule has 0 radical (unpaired) electrons. The second-order valence-electron chi connectivity index (χ2n) is 13.9. The summed E-state index contributed by atoms with van der Waals surface area (Å²) in [6, 6.07) is 10.2. The van der Waals surface area contributed by atoms with Crippen LogP contribution in [0.15, 0.2) is 30.3 Å². The van der Waals surface area contributed by atoms with Crippen LogP contribution in [-0.2, 0) is 39.5 Å². The van der Waals surface area contributed by atoms with Crippen molar-refractivity contribution in [3.8, 4) is 0 Å². The normalized spacial score (nSPS) is 27.7. The highest BCUT2D eigenvalue weighted by Crippen LogP contribution is 2.41. The molecule has 0 aliphatic carbocycles. The molecule has 3 rings (SSSR count). The molecule has 2 saturated heterocycles. The Morgan fingerprint density at radius 1 is 0.925 bits per heavy atom. The summed E-state index contributed by atoms with van der Waals surface area (Å²) < 4.78 is 38.1. The molecular formula is C32H54O7Si. The Hall–Kier alpha value is -1.13. The second kappa shape index (κ2) is 13.9. The average Bonchev–Trinajstić information content (AvgIpc) is 2.82. The van der Waals surface area contributed by atoms with Crippen LogP contribution in [0.5, 0.6) is 0 Å². The molecule has 0 unspecified atom stereocenters. The van der Waals surface area contributed by atoms with Crippen LogP contribution in [0.2, 0.25) is 18.1 Å². The Kier molecular flexibility index (Phi) is 11.6. The second-order valence-corrected chi connectivity index (χ2v) is 18.6. The van der Waals surface area contributed by atoms with Crippen molar-refractivity contribution >= 4 is 14.6 Å². The summed E-state index contributed by atoms with van der Waals surface area (Å²) in [6.07, 6.45) is 4.91. The van der Waals surface area contributed by atoms with Gasteiger partial charge in [0.1, 0.15) is 6.29 Å². The Balaban J connectivity index is 1.65. The molecule has 2 fully saturated rings. The summed E-state index contributed by atoms with van der Waals surface area (Å²) in [5.74, 6) is -1.43. The van der Waals surface area contributed by atoms with Gasteiger partial charge in [-0.05, 0) is 70.7 Å². The SMILES string of the molecule is CC1(C)O[C@H](CC[C@@H](O[Si](C)(C)C(C)(C)C)[C@H]2C[C@@H](CC=O)OC(C)(C)O2)C[C@H](CCOCc2ccccc2)O1. The van der Waals surface area contributed by atoms with Crippen LogP contribution < -0.4 is 0 Å². The van der Waals surface area contributed by atoms with E-state index in [1.54, 1.807) is 0 Å². The van der Waals surface area contributed by atoms with Crippen molar-refractivity contribution in [2.45, 2.75) is 154 Å². The standard InChI is InChI=1S/C32H54O7Si/c1-30(2,3)40(8,9)39-28(29-22-26(17-19-33)36-32(6,7)38-29)16-15-25-21-27(37-31(4,5)35-25)18-20-34-23-24-13-11-10-12-14-24/h10-14,19,25-29H,15-18,20-23H2,1-9H3/t25-,26-,27+,28-,29-/m1/s1. The smallest absolute Gasteiger partial charge is 0.192 e. The first-order valence-corrected chi connectivity index (χ1v) is 17.9. The number of carbonyl (C=O) groups excluding carboxylic acids is 1. The molecule has 5 atom stereocenters. The van der Waals surface area contributed by atoms with Crippen molar-refractivity contribution in [3.05, 3.63) is 35.9 Å². The maximum Gasteiger partial charge on any atom is 0.192 e. The minimum Gasteiger partial charge on any atom is -0.411 e. The fraction of sp³-hybridized carbons (Fsp3) is 0.781. The van der Waals surface area contributed by atoms with E-state index in [9.17, 15) is 4.79 Å². The van der Waals surface area contributed by atoms with Crippen LogP contribution in [0.3, 0.4) is 0 Å². The van der Waals surface area contributed by atoms with Gasteiger partial charge >= 0.3 is 0 Å². The van der Waals surface area contributed by atoms with Gasteiger partial charge in [-0.1, -0.05) is 51.1 Å². The summed E-state index contributed by atoms with van der Waals surface area (Å²) in [5, 5.41) is 0.0656. The summed E-state index contributed by atoms with van der Waals surface area (Å²) >= 11 is 0. The third-order valence-electron chi connectivity index (χ3n) is 8.30. The Morgan fingerprint density at radius 3 is 2.15 bits per heavy atom. The van der Waals surface area contributed by atoms with E-state index in [1.165, 1.54) is 5.56 Å². The minimum atomic E-state index is -2.09. The molecule has 0 bridgehead atoms. The number of hydrogen-bond acceptors (Lipinski definition) is 7. The Labute approximate surface area is 243 Å². The molecule has 1 aromatic carbocycles. The molecule has 8 heteroatoms. The summed E-state index contributed by atoms with van der Waals surface area (Å²) in [5.41, 5.74) is 1.18. The molecule has 2 heterocycles. The average molecular weight is 579 g/mol. The van der Waals surface area contributed by atoms with E-state index in [4.69, 9.17) is 28.1 Å². The van der Waals surface area contributed by atoms with Gasteiger partial charge in [-0.2, -0.15) is 0 Å². The highest BCUT2D eigenvalue weighted by atomic mass is 28.4. The lowest BCUT2D eigenvalue weighted by atomic mass is 9.95. The predicted octanol–water partition coefficient (Wildman–Crippen LogP) is 7.17. The maximum atomic E-state index is 11.3. The Morgan fingerprint density at radius 2 is 1.52 bits per heavy atom. The lowest BCUT2D eigenvalue weighted by molar-refractivity contribution is -0.313. The third kappa shape index (κ3) is 10.3. The highest BCUT2D eigenvalue weighted by Gasteiger charge is 2.45. The van der Waals surface area contributed by atoms with E-state index in [-0.39, 0.29) is 35.6 Å². The zero-order valence-electron chi connectivity index (χ0n) is 26.4. The molecule has 0 saturated carbocycles. The van der Waals surface area contributed by atoms with Gasteiger partial charge in [-0.25, -0.2) is 0 Å². The van der Waals surface area contributed by atoms with Crippen LogP contribution in [0.25, 0.3) is 0 Å². The third-order valence-corrected chi connectivity index (χ3v) is 12.8. The van der Waals surface area contributed by atoms with Crippen LogP contribution in [0.4, 0.5) is 0 Å². The van der Waals surface area contributed by atoms with E-state index in [0.717, 1.165) is 32.0 Å². The molecule has 40 heavy (non-hydrogen) atoms. The lowest BCUT2D eigenvalue weighted by Crippen LogP contribution is -2.54. The van der Waals surface area contributed by atoms with E-state index in [0.29, 0.717) is 26.1 Å². The topological polar surface area (TPSA) is 72.5 Å². The van der Waals surface area contributed by atoms with Crippen molar-refractivity contribution in [3.63, 3.8) is 0 Å². The van der Waals surface area contributed by atoms with Crippen molar-refractivity contribution in [2.24, 2.45) is 0 Å². The first kappa shape index (κ1) is 33.4. The van der Waals surface area contributed by atoms with Gasteiger partial charge in [0, 0.05) is 25.9 Å². The maximum absolute atomic E-state index is 11.3. The number of aldehydes is 1. The fourth-order valence-corrected chi connectivity index (χ4v) is 6.79. The first-order chi connectivity index (χ1) is 18.6. The molecule has 228 valence electrons. The molecule has 0 spiro atoms. The number of ether oxygens (including phenoxy) is 5. The monoisotopic (exact) mass is 578 g/mol. The molecule has 7 nitrogen and oxygen atoms in total. The van der Waals surface area contributed by atoms with Crippen molar-refractivity contribution < 1.29 is 32.9 Å². The lowest BCUT2D eigenvalue weighted by Gasteiger charge is -2.47. The number of carbonyl (C=O) groups is 1. The summed E-state index contributed by atoms with van der Waals surface area (Å²) in [6.45, 7) is 20.4. The number of hydrogen-bond donors (Lipinski definition) is 0. The van der Waals surface area contributed by atoms with Gasteiger partial charge in [-0.3, -0.25) is 0 Å². The van der Waals surface area contributed by atoms with Crippen molar-refractivity contribution in [1.29, 1.82) is 0 Å². The van der Waals surface area contributed by atoms with Crippen LogP contribution in [-0.4, -0.2) is 63.3 Å². The zero-order valence-corrected chi connectivity index (χ0v) is 27.4. The van der Waals surface area contributed by atoms with Crippen molar-refractivity contribution in [2.75, 3.05) is 6.61 Å². The van der Waals surface area contributed by atoms with Gasteiger partial charge in [0.2, 0.25) is 0 Å². The minimum absolute atomic E-state index is 0.0482. The number of rotatable bonds is 13. The van der Waals surface area contributed by atoms with Crippen LogP contribution in [0, 0.1) is 0 Å².